The molecule has 5 heteroatoms. The zero-order chi connectivity index (χ0) is 28.5. The summed E-state index contributed by atoms with van der Waals surface area (Å²) in [7, 11) is 0. The molecule has 2 N–H and O–H groups in total. The number of pyridine rings is 1. The number of imidazole rings is 2. The summed E-state index contributed by atoms with van der Waals surface area (Å²) in [6.45, 7) is 8.91. The predicted molar refractivity (Wildman–Crippen MR) is 174 cm³/mol. The normalized spacial score (nSPS) is 14.5. The van der Waals surface area contributed by atoms with E-state index in [0.717, 1.165) is 70.3 Å². The second-order valence-corrected chi connectivity index (χ2v) is 12.1. The van der Waals surface area contributed by atoms with Gasteiger partial charge in [-0.3, -0.25) is 4.98 Å². The first-order valence-corrected chi connectivity index (χ1v) is 15.4. The molecule has 208 valence electrons. The summed E-state index contributed by atoms with van der Waals surface area (Å²) in [6.07, 6.45) is 6.07. The third-order valence-electron chi connectivity index (χ3n) is 9.63. The van der Waals surface area contributed by atoms with Crippen molar-refractivity contribution in [3.63, 3.8) is 0 Å². The maximum absolute atomic E-state index is 5.06. The zero-order valence-electron chi connectivity index (χ0n) is 24.7. The summed E-state index contributed by atoms with van der Waals surface area (Å²) in [5.74, 6) is 2.99. The molecular formula is C37H35N5. The number of aromatic nitrogens is 5. The topological polar surface area (TPSA) is 70.2 Å². The van der Waals surface area contributed by atoms with Gasteiger partial charge in [0.2, 0.25) is 0 Å². The van der Waals surface area contributed by atoms with Gasteiger partial charge in [-0.25, -0.2) is 9.97 Å². The quantitative estimate of drug-likeness (QED) is 0.210. The van der Waals surface area contributed by atoms with E-state index in [-0.39, 0.29) is 0 Å². The largest absolute Gasteiger partial charge is 0.345 e. The van der Waals surface area contributed by atoms with Gasteiger partial charge in [-0.05, 0) is 77.4 Å². The average Bonchev–Trinajstić information content (AvgIpc) is 3.69. The second kappa shape index (κ2) is 9.52. The third-order valence-corrected chi connectivity index (χ3v) is 9.63. The van der Waals surface area contributed by atoms with Crippen molar-refractivity contribution >= 4 is 43.5 Å². The first-order chi connectivity index (χ1) is 20.5. The van der Waals surface area contributed by atoms with E-state index in [1.165, 1.54) is 44.1 Å². The van der Waals surface area contributed by atoms with Crippen molar-refractivity contribution < 1.29 is 0 Å². The van der Waals surface area contributed by atoms with E-state index >= 15 is 0 Å². The highest BCUT2D eigenvalue weighted by atomic mass is 14.9. The molecule has 0 amide bonds. The number of aryl methyl sites for hydroxylation is 2. The second-order valence-electron chi connectivity index (χ2n) is 12.1. The maximum atomic E-state index is 5.06. The summed E-state index contributed by atoms with van der Waals surface area (Å²) in [4.78, 5) is 22.2. The Morgan fingerprint density at radius 2 is 1.48 bits per heavy atom. The molecule has 0 fully saturated rings. The fraction of sp³-hybridized carbons (Fsp3) is 0.270. The minimum absolute atomic E-state index is 0.378. The Balaban J connectivity index is 1.26. The van der Waals surface area contributed by atoms with Crippen LogP contribution in [0.1, 0.15) is 75.3 Å². The fourth-order valence-corrected chi connectivity index (χ4v) is 6.73. The van der Waals surface area contributed by atoms with Crippen molar-refractivity contribution in [1.82, 2.24) is 24.9 Å². The van der Waals surface area contributed by atoms with Crippen molar-refractivity contribution in [1.29, 1.82) is 0 Å². The van der Waals surface area contributed by atoms with Crippen molar-refractivity contribution in [3.05, 3.63) is 89.8 Å². The van der Waals surface area contributed by atoms with Crippen molar-refractivity contribution in [3.8, 4) is 22.4 Å². The molecule has 8 rings (SSSR count). The molecule has 1 aliphatic rings. The van der Waals surface area contributed by atoms with E-state index in [1.807, 2.05) is 12.3 Å². The molecule has 0 spiro atoms. The Bertz CT molecular complexity index is 2170. The Morgan fingerprint density at radius 3 is 2.29 bits per heavy atom. The number of nitrogens with zero attached hydrogens (tertiary/aromatic N) is 3. The molecule has 5 nitrogen and oxygen atoms in total. The van der Waals surface area contributed by atoms with E-state index in [4.69, 9.17) is 15.0 Å². The van der Waals surface area contributed by atoms with Gasteiger partial charge < -0.3 is 9.97 Å². The van der Waals surface area contributed by atoms with Gasteiger partial charge >= 0.3 is 0 Å². The standard InChI is InChI=1S/C37H35N5/c1-5-20(3)36-39-31-16-15-26-25-12-9-22(18-24(25)11-14-27(26)33(31)40-36)23-10-13-28-30(19-23)32-29(8-7-17-38-32)35-34(28)41-37(42-35)21(4)6-2/h7-14,17-21H,5-6,15-16H2,1-4H3,(H,39,40)(H,41,42). The smallest absolute Gasteiger partial charge is 0.110 e. The summed E-state index contributed by atoms with van der Waals surface area (Å²) in [6, 6.07) is 22.4. The van der Waals surface area contributed by atoms with Crippen LogP contribution in [0.5, 0.6) is 0 Å². The lowest BCUT2D eigenvalue weighted by Gasteiger charge is -2.18. The summed E-state index contributed by atoms with van der Waals surface area (Å²) < 4.78 is 0. The van der Waals surface area contributed by atoms with Crippen LogP contribution in [-0.4, -0.2) is 24.9 Å². The number of fused-ring (bicyclic) bond motifs is 11. The van der Waals surface area contributed by atoms with Crippen LogP contribution in [0.3, 0.4) is 0 Å². The van der Waals surface area contributed by atoms with Crippen LogP contribution >= 0.6 is 0 Å². The van der Waals surface area contributed by atoms with E-state index in [2.05, 4.69) is 92.3 Å². The number of aromatic amines is 2. The van der Waals surface area contributed by atoms with Gasteiger partial charge in [0.15, 0.2) is 0 Å². The van der Waals surface area contributed by atoms with Crippen molar-refractivity contribution in [2.24, 2.45) is 0 Å². The molecular weight excluding hydrogens is 514 g/mol. The highest BCUT2D eigenvalue weighted by Gasteiger charge is 2.23. The summed E-state index contributed by atoms with van der Waals surface area (Å²) in [5, 5.41) is 6.03. The Labute approximate surface area is 245 Å². The lowest BCUT2D eigenvalue weighted by molar-refractivity contribution is 0.687. The van der Waals surface area contributed by atoms with Gasteiger partial charge in [-0.15, -0.1) is 0 Å². The lowest BCUT2D eigenvalue weighted by Crippen LogP contribution is -2.04. The van der Waals surface area contributed by atoms with E-state index in [0.29, 0.717) is 11.8 Å². The fourth-order valence-electron chi connectivity index (χ4n) is 6.73. The van der Waals surface area contributed by atoms with Gasteiger partial charge in [-0.1, -0.05) is 64.1 Å². The van der Waals surface area contributed by atoms with E-state index in [9.17, 15) is 0 Å². The van der Waals surface area contributed by atoms with Crippen LogP contribution in [-0.2, 0) is 12.8 Å². The molecule has 0 saturated heterocycles. The van der Waals surface area contributed by atoms with E-state index < -0.39 is 0 Å². The number of H-pyrrole nitrogens is 2. The minimum atomic E-state index is 0.378. The molecule has 1 aliphatic carbocycles. The molecule has 0 bridgehead atoms. The maximum Gasteiger partial charge on any atom is 0.110 e. The number of hydrogen-bond donors (Lipinski definition) is 2. The number of rotatable bonds is 5. The molecule has 3 heterocycles. The van der Waals surface area contributed by atoms with Crippen LogP contribution in [0.25, 0.3) is 65.9 Å². The zero-order valence-corrected chi connectivity index (χ0v) is 24.7. The van der Waals surface area contributed by atoms with Crippen LogP contribution in [0.4, 0.5) is 0 Å². The molecule has 0 radical (unpaired) electrons. The first-order valence-electron chi connectivity index (χ1n) is 15.4. The van der Waals surface area contributed by atoms with Crippen LogP contribution < -0.4 is 0 Å². The molecule has 2 atom stereocenters. The predicted octanol–water partition coefficient (Wildman–Crippen LogP) is 9.60. The Kier molecular flexibility index (Phi) is 5.72. The van der Waals surface area contributed by atoms with Gasteiger partial charge in [0.25, 0.3) is 0 Å². The van der Waals surface area contributed by atoms with E-state index in [1.54, 1.807) is 0 Å². The van der Waals surface area contributed by atoms with Gasteiger partial charge in [0.1, 0.15) is 11.6 Å². The molecule has 0 aliphatic heterocycles. The van der Waals surface area contributed by atoms with Crippen molar-refractivity contribution in [2.75, 3.05) is 0 Å². The summed E-state index contributed by atoms with van der Waals surface area (Å²) in [5.41, 5.74) is 10.7. The van der Waals surface area contributed by atoms with Gasteiger partial charge in [-0.2, -0.15) is 0 Å². The van der Waals surface area contributed by atoms with Gasteiger partial charge in [0, 0.05) is 45.4 Å². The Hall–Kier alpha value is -4.51. The molecule has 4 aromatic carbocycles. The van der Waals surface area contributed by atoms with Crippen molar-refractivity contribution in [2.45, 2.75) is 65.2 Å². The SMILES string of the molecule is CCC(C)c1nc2c([nH]1)CCc1c-2ccc2cc(-c3ccc4c(c3)c3ncccc3c3nc(C(C)CC)[nH]c43)ccc12. The molecule has 0 saturated carbocycles. The minimum Gasteiger partial charge on any atom is -0.345 e. The highest BCUT2D eigenvalue weighted by molar-refractivity contribution is 6.22. The number of benzene rings is 4. The lowest BCUT2D eigenvalue weighted by atomic mass is 9.87. The average molecular weight is 550 g/mol. The monoisotopic (exact) mass is 549 g/mol. The molecule has 42 heavy (non-hydrogen) atoms. The van der Waals surface area contributed by atoms with Gasteiger partial charge in [0.05, 0.1) is 22.2 Å². The number of hydrogen-bond acceptors (Lipinski definition) is 3. The first kappa shape index (κ1) is 25.2. The molecule has 7 aromatic rings. The van der Waals surface area contributed by atoms with Crippen LogP contribution in [0, 0.1) is 0 Å². The summed E-state index contributed by atoms with van der Waals surface area (Å²) >= 11 is 0. The molecule has 2 unspecified atom stereocenters. The third kappa shape index (κ3) is 3.72. The van der Waals surface area contributed by atoms with Crippen LogP contribution in [0.2, 0.25) is 0 Å². The number of nitrogens with one attached hydrogen (secondary N) is 2. The molecule has 3 aromatic heterocycles. The Morgan fingerprint density at radius 1 is 0.714 bits per heavy atom. The van der Waals surface area contributed by atoms with Crippen LogP contribution in [0.15, 0.2) is 66.9 Å². The highest BCUT2D eigenvalue weighted by Crippen LogP contribution is 2.40.